The van der Waals surface area contributed by atoms with E-state index in [1.807, 2.05) is 81.0 Å². The summed E-state index contributed by atoms with van der Waals surface area (Å²) in [4.78, 5) is 38.9. The molecule has 0 spiro atoms. The number of amides is 1. The van der Waals surface area contributed by atoms with E-state index < -0.39 is 17.7 Å². The summed E-state index contributed by atoms with van der Waals surface area (Å²) in [5.41, 5.74) is 5.71. The monoisotopic (exact) mass is 702 g/mol. The maximum Gasteiger partial charge on any atom is 0.409 e. The van der Waals surface area contributed by atoms with Crippen LogP contribution in [0.5, 0.6) is 0 Å². The van der Waals surface area contributed by atoms with Crippen molar-refractivity contribution in [3.63, 3.8) is 0 Å². The molecule has 3 aromatic heterocycles. The van der Waals surface area contributed by atoms with Crippen molar-refractivity contribution in [2.24, 2.45) is 0 Å². The van der Waals surface area contributed by atoms with Crippen LogP contribution in [0, 0.1) is 6.92 Å². The molecule has 1 amide bonds. The summed E-state index contributed by atoms with van der Waals surface area (Å²) in [7, 11) is 1.42. The van der Waals surface area contributed by atoms with E-state index in [9.17, 15) is 14.7 Å². The number of benzene rings is 2. The number of methoxy groups -OCH3 is 1. The molecule has 1 N–H and O–H groups in total. The Bertz CT molecular complexity index is 2040. The molecule has 11 nitrogen and oxygen atoms in total. The van der Waals surface area contributed by atoms with E-state index in [0.717, 1.165) is 74.8 Å². The van der Waals surface area contributed by atoms with Gasteiger partial charge in [-0.1, -0.05) is 23.7 Å². The maximum atomic E-state index is 12.7. The lowest BCUT2D eigenvalue weighted by atomic mass is 9.89. The zero-order valence-corrected chi connectivity index (χ0v) is 29.7. The highest BCUT2D eigenvalue weighted by Gasteiger charge is 2.37. The van der Waals surface area contributed by atoms with E-state index >= 15 is 0 Å². The molecule has 2 aliphatic heterocycles. The molecule has 0 aliphatic carbocycles. The number of piperidine rings is 1. The second kappa shape index (κ2) is 13.0. The van der Waals surface area contributed by atoms with Gasteiger partial charge in [0.2, 0.25) is 0 Å². The first-order valence-corrected chi connectivity index (χ1v) is 17.6. The highest BCUT2D eigenvalue weighted by atomic mass is 35.5. The van der Waals surface area contributed by atoms with Crippen LogP contribution in [0.3, 0.4) is 0 Å². The van der Waals surface area contributed by atoms with Crippen molar-refractivity contribution < 1.29 is 24.2 Å². The van der Waals surface area contributed by atoms with Gasteiger partial charge in [-0.05, 0) is 94.9 Å². The summed E-state index contributed by atoms with van der Waals surface area (Å²) in [6.45, 7) is 10.8. The number of aliphatic carboxylic acids is 1. The number of hydrogen-bond donors (Lipinski definition) is 1. The molecule has 0 radical (unpaired) electrons. The van der Waals surface area contributed by atoms with Crippen LogP contribution in [0.4, 0.5) is 4.79 Å². The van der Waals surface area contributed by atoms with Gasteiger partial charge in [0, 0.05) is 47.0 Å². The second-order valence-corrected chi connectivity index (χ2v) is 15.3. The predicted molar refractivity (Wildman–Crippen MR) is 189 cm³/mol. The lowest BCUT2D eigenvalue weighted by Gasteiger charge is -2.46. The molecular formula is C36H39ClN6O5S. The molecule has 13 heteroatoms. The molecule has 1 atom stereocenters. The van der Waals surface area contributed by atoms with Crippen LogP contribution in [-0.4, -0.2) is 91.5 Å². The minimum absolute atomic E-state index is 0.261. The Labute approximate surface area is 293 Å². The number of aromatic nitrogens is 4. The normalized spacial score (nSPS) is 17.1. The number of nitrogens with zero attached hydrogens (tertiary/aromatic N) is 6. The molecule has 2 saturated heterocycles. The van der Waals surface area contributed by atoms with E-state index in [0.29, 0.717) is 35.6 Å². The van der Waals surface area contributed by atoms with Crippen molar-refractivity contribution in [3.05, 3.63) is 70.5 Å². The Balaban J connectivity index is 1.23. The van der Waals surface area contributed by atoms with Crippen LogP contribution < -0.4 is 0 Å². The third kappa shape index (κ3) is 6.50. The van der Waals surface area contributed by atoms with Crippen LogP contribution in [0.2, 0.25) is 5.02 Å². The standard InChI is InChI=1S/C36H39ClN6O5S/c1-20-16-27-31(29(22-6-8-23(37)9-7-22)28(20)30(34(44)45)48-36(2,3)4)49-33(40-27)26-12-15-43-32(39-26)25(17-38-43)21-10-13-41(14-11-21)24-18-42(19-24)35(46)47-5/h6-9,12,15-17,21,24,30H,10-11,13-14,18-19H2,1-5H3,(H,44,45)/t30-/m0/s1. The van der Waals surface area contributed by atoms with Crippen molar-refractivity contribution in [1.82, 2.24) is 29.4 Å². The molecule has 5 aromatic rings. The fourth-order valence-corrected chi connectivity index (χ4v) is 8.20. The number of rotatable bonds is 7. The van der Waals surface area contributed by atoms with E-state index in [-0.39, 0.29) is 6.09 Å². The first-order chi connectivity index (χ1) is 23.4. The number of aryl methyl sites for hydroxylation is 1. The topological polar surface area (TPSA) is 122 Å². The molecule has 5 heterocycles. The van der Waals surface area contributed by atoms with Gasteiger partial charge in [0.05, 0.1) is 29.1 Å². The number of carboxylic acids is 1. The van der Waals surface area contributed by atoms with Crippen molar-refractivity contribution in [2.45, 2.75) is 64.2 Å². The number of likely N-dealkylation sites (tertiary alicyclic amines) is 2. The van der Waals surface area contributed by atoms with Gasteiger partial charge in [-0.3, -0.25) is 4.90 Å². The fourth-order valence-electron chi connectivity index (χ4n) is 6.98. The number of fused-ring (bicyclic) bond motifs is 2. The molecule has 0 unspecified atom stereocenters. The number of thiazole rings is 1. The first-order valence-electron chi connectivity index (χ1n) is 16.4. The van der Waals surface area contributed by atoms with Gasteiger partial charge in [-0.2, -0.15) is 5.10 Å². The molecule has 2 aliphatic rings. The quantitative estimate of drug-likeness (QED) is 0.188. The lowest BCUT2D eigenvalue weighted by Crippen LogP contribution is -2.62. The Morgan fingerprint density at radius 1 is 1.08 bits per heavy atom. The Morgan fingerprint density at radius 3 is 2.45 bits per heavy atom. The Morgan fingerprint density at radius 2 is 1.80 bits per heavy atom. The second-order valence-electron chi connectivity index (χ2n) is 13.8. The average Bonchev–Trinajstić information content (AvgIpc) is 3.67. The van der Waals surface area contributed by atoms with Gasteiger partial charge >= 0.3 is 12.1 Å². The number of ether oxygens (including phenoxy) is 2. The van der Waals surface area contributed by atoms with Crippen molar-refractivity contribution in [3.8, 4) is 21.8 Å². The maximum absolute atomic E-state index is 12.7. The Hall–Kier alpha value is -4.10. The molecule has 7 rings (SSSR count). The van der Waals surface area contributed by atoms with Crippen LogP contribution in [0.25, 0.3) is 37.7 Å². The molecule has 256 valence electrons. The van der Waals surface area contributed by atoms with Crippen molar-refractivity contribution in [2.75, 3.05) is 33.3 Å². The highest BCUT2D eigenvalue weighted by molar-refractivity contribution is 7.22. The van der Waals surface area contributed by atoms with Crippen molar-refractivity contribution in [1.29, 1.82) is 0 Å². The molecule has 2 fully saturated rings. The van der Waals surface area contributed by atoms with Crippen molar-refractivity contribution >= 4 is 50.9 Å². The molecule has 0 saturated carbocycles. The zero-order valence-electron chi connectivity index (χ0n) is 28.1. The van der Waals surface area contributed by atoms with Gasteiger partial charge < -0.3 is 19.5 Å². The largest absolute Gasteiger partial charge is 0.479 e. The average molecular weight is 703 g/mol. The van der Waals surface area contributed by atoms with E-state index in [4.69, 9.17) is 31.0 Å². The fraction of sp³-hybridized carbons (Fsp3) is 0.417. The minimum Gasteiger partial charge on any atom is -0.479 e. The van der Waals surface area contributed by atoms with Gasteiger partial charge in [0.25, 0.3) is 0 Å². The number of hydrogen-bond acceptors (Lipinski definition) is 9. The number of carbonyl (C=O) groups excluding carboxylic acids is 1. The first kappa shape index (κ1) is 33.4. The third-order valence-electron chi connectivity index (χ3n) is 9.41. The third-order valence-corrected chi connectivity index (χ3v) is 10.8. The molecular weight excluding hydrogens is 664 g/mol. The summed E-state index contributed by atoms with van der Waals surface area (Å²) in [6.07, 6.45) is 4.37. The van der Waals surface area contributed by atoms with Gasteiger partial charge in [-0.25, -0.2) is 24.1 Å². The van der Waals surface area contributed by atoms with E-state index in [2.05, 4.69) is 10.00 Å². The van der Waals surface area contributed by atoms with Gasteiger partial charge in [-0.15, -0.1) is 11.3 Å². The summed E-state index contributed by atoms with van der Waals surface area (Å²) < 4.78 is 13.7. The summed E-state index contributed by atoms with van der Waals surface area (Å²) in [5.74, 6) is -0.736. The highest BCUT2D eigenvalue weighted by Crippen LogP contribution is 2.44. The SMILES string of the molecule is COC(=O)N1CC(N2CCC(c3cnn4ccc(-c5nc6cc(C)c([C@H](OC(C)(C)C)C(=O)O)c(-c7ccc(Cl)cc7)c6s5)nc34)CC2)C1. The summed E-state index contributed by atoms with van der Waals surface area (Å²) >= 11 is 7.75. The number of carbonyl (C=O) groups is 2. The smallest absolute Gasteiger partial charge is 0.409 e. The lowest BCUT2D eigenvalue weighted by molar-refractivity contribution is -0.160. The zero-order chi connectivity index (χ0) is 34.6. The Kier molecular flexibility index (Phi) is 8.85. The van der Waals surface area contributed by atoms with Crippen LogP contribution in [-0.2, 0) is 14.3 Å². The van der Waals surface area contributed by atoms with Gasteiger partial charge in [0.1, 0.15) is 10.7 Å². The number of halogens is 1. The van der Waals surface area contributed by atoms with Crippen LogP contribution >= 0.6 is 22.9 Å². The molecule has 2 aromatic carbocycles. The van der Waals surface area contributed by atoms with Crippen LogP contribution in [0.15, 0.2) is 48.8 Å². The van der Waals surface area contributed by atoms with Gasteiger partial charge in [0.15, 0.2) is 11.8 Å². The molecule has 0 bridgehead atoms. The molecule has 49 heavy (non-hydrogen) atoms. The van der Waals surface area contributed by atoms with Crippen LogP contribution in [0.1, 0.15) is 62.3 Å². The summed E-state index contributed by atoms with van der Waals surface area (Å²) in [6, 6.07) is 11.7. The number of carboxylic acid groups (broad SMARTS) is 1. The minimum atomic E-state index is -1.19. The van der Waals surface area contributed by atoms with E-state index in [1.54, 1.807) is 4.90 Å². The predicted octanol–water partition coefficient (Wildman–Crippen LogP) is 7.21. The van der Waals surface area contributed by atoms with E-state index in [1.165, 1.54) is 18.4 Å². The summed E-state index contributed by atoms with van der Waals surface area (Å²) in [5, 5.41) is 16.3.